The highest BCUT2D eigenvalue weighted by Gasteiger charge is 2.08. The van der Waals surface area contributed by atoms with Gasteiger partial charge in [-0.2, -0.15) is 0 Å². The van der Waals surface area contributed by atoms with Gasteiger partial charge in [0.2, 0.25) is 0 Å². The van der Waals surface area contributed by atoms with Crippen molar-refractivity contribution in [3.63, 3.8) is 0 Å². The summed E-state index contributed by atoms with van der Waals surface area (Å²) in [5, 5.41) is 5.28. The molecule has 0 aliphatic carbocycles. The van der Waals surface area contributed by atoms with Gasteiger partial charge in [0.1, 0.15) is 5.82 Å². The molecule has 1 heterocycles. The molecule has 0 spiro atoms. The summed E-state index contributed by atoms with van der Waals surface area (Å²) in [7, 11) is 0. The van der Waals surface area contributed by atoms with Crippen LogP contribution in [0.2, 0.25) is 0 Å². The van der Waals surface area contributed by atoms with E-state index in [1.54, 1.807) is 12.1 Å². The third-order valence-electron chi connectivity index (χ3n) is 4.08. The number of benzene rings is 2. The molecule has 1 aromatic heterocycles. The van der Waals surface area contributed by atoms with Crippen LogP contribution in [0.5, 0.6) is 0 Å². The van der Waals surface area contributed by atoms with Gasteiger partial charge in [0.05, 0.1) is 12.2 Å². The minimum absolute atomic E-state index is 0.162. The zero-order valence-corrected chi connectivity index (χ0v) is 14.0. The highest BCUT2D eigenvalue weighted by Crippen LogP contribution is 2.13. The molecule has 128 valence electrons. The van der Waals surface area contributed by atoms with Crippen LogP contribution in [-0.4, -0.2) is 10.6 Å². The van der Waals surface area contributed by atoms with Crippen molar-refractivity contribution in [1.29, 1.82) is 0 Å². The minimum atomic E-state index is -0.458. The van der Waals surface area contributed by atoms with Crippen LogP contribution in [0.15, 0.2) is 66.9 Å². The van der Waals surface area contributed by atoms with Gasteiger partial charge in [-0.25, -0.2) is 9.18 Å². The predicted octanol–water partition coefficient (Wildman–Crippen LogP) is 4.31. The van der Waals surface area contributed by atoms with Crippen LogP contribution < -0.4 is 10.6 Å². The third-order valence-corrected chi connectivity index (χ3v) is 4.08. The Morgan fingerprint density at radius 2 is 1.80 bits per heavy atom. The van der Waals surface area contributed by atoms with Crippen molar-refractivity contribution < 1.29 is 9.18 Å². The second-order valence-electron chi connectivity index (χ2n) is 5.84. The average Bonchev–Trinajstić information content (AvgIpc) is 3.04. The Kier molecular flexibility index (Phi) is 5.14. The number of carbonyl (C=O) groups is 1. The van der Waals surface area contributed by atoms with Gasteiger partial charge in [0.25, 0.3) is 0 Å². The van der Waals surface area contributed by atoms with E-state index in [1.165, 1.54) is 23.3 Å². The van der Waals surface area contributed by atoms with Crippen LogP contribution in [0.1, 0.15) is 16.8 Å². The number of halogens is 1. The highest BCUT2D eigenvalue weighted by molar-refractivity contribution is 5.89. The molecule has 5 heteroatoms. The number of hydrogen-bond donors (Lipinski definition) is 2. The highest BCUT2D eigenvalue weighted by atomic mass is 19.1. The topological polar surface area (TPSA) is 46.1 Å². The van der Waals surface area contributed by atoms with Gasteiger partial charge in [-0.3, -0.25) is 0 Å². The molecule has 4 nitrogen and oxygen atoms in total. The zero-order chi connectivity index (χ0) is 17.6. The van der Waals surface area contributed by atoms with E-state index in [0.717, 1.165) is 12.2 Å². The number of urea groups is 1. The van der Waals surface area contributed by atoms with Crippen molar-refractivity contribution in [3.8, 4) is 0 Å². The standard InChI is InChI=1S/C20H20FN3O/c1-15-7-2-3-8-16(15)14-24-12-6-9-17(24)13-22-20(25)23-19-11-5-4-10-18(19)21/h2-12H,13-14H2,1H3,(H2,22,23,25). The second kappa shape index (κ2) is 7.66. The van der Waals surface area contributed by atoms with Crippen molar-refractivity contribution in [1.82, 2.24) is 9.88 Å². The molecule has 0 saturated carbocycles. The molecule has 2 aromatic carbocycles. The summed E-state index contributed by atoms with van der Waals surface area (Å²) in [4.78, 5) is 12.0. The fraction of sp³-hybridized carbons (Fsp3) is 0.150. The summed E-state index contributed by atoms with van der Waals surface area (Å²) < 4.78 is 15.7. The van der Waals surface area contributed by atoms with Crippen molar-refractivity contribution >= 4 is 11.7 Å². The number of rotatable bonds is 5. The molecule has 0 radical (unpaired) electrons. The Bertz CT molecular complexity index is 873. The van der Waals surface area contributed by atoms with Crippen molar-refractivity contribution in [2.24, 2.45) is 0 Å². The van der Waals surface area contributed by atoms with E-state index in [9.17, 15) is 9.18 Å². The lowest BCUT2D eigenvalue weighted by Gasteiger charge is -2.13. The Hall–Kier alpha value is -3.08. The third kappa shape index (κ3) is 4.26. The first kappa shape index (κ1) is 16.8. The normalized spacial score (nSPS) is 10.5. The Morgan fingerprint density at radius 1 is 1.04 bits per heavy atom. The molecule has 2 amide bonds. The lowest BCUT2D eigenvalue weighted by molar-refractivity contribution is 0.251. The number of aryl methyl sites for hydroxylation is 1. The monoisotopic (exact) mass is 337 g/mol. The molecule has 0 fully saturated rings. The molecule has 0 aliphatic heterocycles. The molecule has 25 heavy (non-hydrogen) atoms. The predicted molar refractivity (Wildman–Crippen MR) is 97.0 cm³/mol. The molecule has 2 N–H and O–H groups in total. The summed E-state index contributed by atoms with van der Waals surface area (Å²) in [6.07, 6.45) is 1.98. The van der Waals surface area contributed by atoms with E-state index in [-0.39, 0.29) is 5.69 Å². The summed E-state index contributed by atoms with van der Waals surface area (Å²) in [6, 6.07) is 17.8. The number of anilines is 1. The van der Waals surface area contributed by atoms with Crippen molar-refractivity contribution in [2.45, 2.75) is 20.0 Å². The van der Waals surface area contributed by atoms with Crippen LogP contribution in [0, 0.1) is 12.7 Å². The molecule has 0 unspecified atom stereocenters. The zero-order valence-electron chi connectivity index (χ0n) is 14.0. The molecule has 3 aromatic rings. The number of carbonyl (C=O) groups excluding carboxylic acids is 1. The number of para-hydroxylation sites is 1. The largest absolute Gasteiger partial charge is 0.345 e. The number of hydrogen-bond acceptors (Lipinski definition) is 1. The lowest BCUT2D eigenvalue weighted by atomic mass is 10.1. The van der Waals surface area contributed by atoms with Gasteiger partial charge in [-0.15, -0.1) is 0 Å². The maximum absolute atomic E-state index is 13.6. The first-order valence-corrected chi connectivity index (χ1v) is 8.11. The summed E-state index contributed by atoms with van der Waals surface area (Å²) in [5.41, 5.74) is 3.60. The smallest absolute Gasteiger partial charge is 0.319 e. The minimum Gasteiger partial charge on any atom is -0.345 e. The molecule has 0 saturated heterocycles. The van der Waals surface area contributed by atoms with E-state index in [4.69, 9.17) is 0 Å². The van der Waals surface area contributed by atoms with Crippen LogP contribution in [0.25, 0.3) is 0 Å². The van der Waals surface area contributed by atoms with E-state index in [1.807, 2.05) is 30.5 Å². The quantitative estimate of drug-likeness (QED) is 0.716. The molecule has 0 atom stereocenters. The second-order valence-corrected chi connectivity index (χ2v) is 5.84. The number of aromatic nitrogens is 1. The fourth-order valence-electron chi connectivity index (χ4n) is 2.64. The van der Waals surface area contributed by atoms with Crippen LogP contribution >= 0.6 is 0 Å². The lowest BCUT2D eigenvalue weighted by Crippen LogP contribution is -2.29. The van der Waals surface area contributed by atoms with Gasteiger partial charge in [-0.1, -0.05) is 36.4 Å². The molecular formula is C20H20FN3O. The van der Waals surface area contributed by atoms with Gasteiger partial charge >= 0.3 is 6.03 Å². The van der Waals surface area contributed by atoms with Crippen LogP contribution in [0.4, 0.5) is 14.9 Å². The maximum Gasteiger partial charge on any atom is 0.319 e. The van der Waals surface area contributed by atoms with Crippen molar-refractivity contribution in [3.05, 3.63) is 89.5 Å². The molecule has 0 aliphatic rings. The maximum atomic E-state index is 13.6. The average molecular weight is 337 g/mol. The molecular weight excluding hydrogens is 317 g/mol. The fourth-order valence-corrected chi connectivity index (χ4v) is 2.64. The SMILES string of the molecule is Cc1ccccc1Cn1cccc1CNC(=O)Nc1ccccc1F. The van der Waals surface area contributed by atoms with Gasteiger partial charge in [0, 0.05) is 18.4 Å². The van der Waals surface area contributed by atoms with E-state index < -0.39 is 11.8 Å². The van der Waals surface area contributed by atoms with Crippen molar-refractivity contribution in [2.75, 3.05) is 5.32 Å². The van der Waals surface area contributed by atoms with Gasteiger partial charge in [0.15, 0.2) is 0 Å². The Morgan fingerprint density at radius 3 is 2.60 bits per heavy atom. The first-order chi connectivity index (χ1) is 12.1. The van der Waals surface area contributed by atoms with E-state index in [0.29, 0.717) is 6.54 Å². The van der Waals surface area contributed by atoms with Gasteiger partial charge < -0.3 is 15.2 Å². The Balaban J connectivity index is 1.61. The van der Waals surface area contributed by atoms with Crippen LogP contribution in [0.3, 0.4) is 0 Å². The van der Waals surface area contributed by atoms with Crippen LogP contribution in [-0.2, 0) is 13.1 Å². The Labute approximate surface area is 146 Å². The number of amides is 2. The molecule has 3 rings (SSSR count). The first-order valence-electron chi connectivity index (χ1n) is 8.11. The number of nitrogens with one attached hydrogen (secondary N) is 2. The summed E-state index contributed by atoms with van der Waals surface area (Å²) in [6.45, 7) is 3.18. The van der Waals surface area contributed by atoms with Gasteiger partial charge in [-0.05, 0) is 42.3 Å². The summed E-state index contributed by atoms with van der Waals surface area (Å²) in [5.74, 6) is -0.458. The number of nitrogens with zero attached hydrogens (tertiary/aromatic N) is 1. The van der Waals surface area contributed by atoms with E-state index in [2.05, 4.69) is 34.3 Å². The summed E-state index contributed by atoms with van der Waals surface area (Å²) >= 11 is 0. The molecule has 0 bridgehead atoms. The van der Waals surface area contributed by atoms with E-state index >= 15 is 0 Å².